The molecule has 0 aromatic carbocycles. The normalized spacial score (nSPS) is 17.1. The van der Waals surface area contributed by atoms with E-state index in [0.29, 0.717) is 18.0 Å². The Hall–Kier alpha value is -1.79. The zero-order chi connectivity index (χ0) is 14.3. The van der Waals surface area contributed by atoms with Crippen LogP contribution in [0.3, 0.4) is 0 Å². The zero-order valence-electron chi connectivity index (χ0n) is 10.8. The van der Waals surface area contributed by atoms with Gasteiger partial charge in [0.2, 0.25) is 0 Å². The zero-order valence-corrected chi connectivity index (χ0v) is 10.8. The van der Waals surface area contributed by atoms with Gasteiger partial charge in [-0.05, 0) is 12.3 Å². The molecule has 2 aromatic rings. The lowest BCUT2D eigenvalue weighted by Crippen LogP contribution is -2.09. The molecule has 0 spiro atoms. The number of fused-ring (bicyclic) bond motifs is 1. The fourth-order valence-electron chi connectivity index (χ4n) is 2.85. The van der Waals surface area contributed by atoms with Gasteiger partial charge in [-0.15, -0.1) is 0 Å². The number of hydrogen-bond acceptors (Lipinski definition) is 3. The second-order valence-corrected chi connectivity index (χ2v) is 5.32. The Labute approximate surface area is 113 Å². The number of rotatable bonds is 2. The fraction of sp³-hybridized carbons (Fsp3) is 0.538. The molecule has 1 fully saturated rings. The van der Waals surface area contributed by atoms with Crippen LogP contribution in [0, 0.1) is 5.92 Å². The number of halogens is 3. The van der Waals surface area contributed by atoms with E-state index in [0.717, 1.165) is 23.6 Å². The molecule has 20 heavy (non-hydrogen) atoms. The van der Waals surface area contributed by atoms with Gasteiger partial charge in [-0.2, -0.15) is 22.8 Å². The summed E-state index contributed by atoms with van der Waals surface area (Å²) in [5.74, 6) is 0.695. The lowest BCUT2D eigenvalue weighted by Gasteiger charge is -2.10. The van der Waals surface area contributed by atoms with Crippen LogP contribution >= 0.6 is 0 Å². The molecule has 0 saturated heterocycles. The topological polar surface area (TPSA) is 56.2 Å². The molecule has 0 bridgehead atoms. The van der Waals surface area contributed by atoms with Gasteiger partial charge in [0.05, 0.1) is 6.20 Å². The van der Waals surface area contributed by atoms with Crippen molar-refractivity contribution in [3.63, 3.8) is 0 Å². The minimum atomic E-state index is -4.47. The van der Waals surface area contributed by atoms with E-state index >= 15 is 0 Å². The van der Waals surface area contributed by atoms with Crippen LogP contribution in [-0.4, -0.2) is 14.6 Å². The summed E-state index contributed by atoms with van der Waals surface area (Å²) in [5, 5.41) is 3.67. The van der Waals surface area contributed by atoms with Gasteiger partial charge in [0.25, 0.3) is 0 Å². The van der Waals surface area contributed by atoms with E-state index in [9.17, 15) is 13.2 Å². The van der Waals surface area contributed by atoms with Gasteiger partial charge in [-0.25, -0.2) is 4.98 Å². The van der Waals surface area contributed by atoms with Crippen LogP contribution in [0.25, 0.3) is 5.65 Å². The molecule has 4 nitrogen and oxygen atoms in total. The van der Waals surface area contributed by atoms with Crippen molar-refractivity contribution in [2.24, 2.45) is 5.92 Å². The second-order valence-electron chi connectivity index (χ2n) is 5.32. The van der Waals surface area contributed by atoms with Gasteiger partial charge >= 0.3 is 6.18 Å². The molecule has 2 aromatic heterocycles. The average Bonchev–Trinajstić information content (AvgIpc) is 2.96. The maximum absolute atomic E-state index is 12.9. The number of hydrogen-bond donors (Lipinski definition) is 1. The molecule has 0 aliphatic heterocycles. The van der Waals surface area contributed by atoms with Crippen molar-refractivity contribution in [1.82, 2.24) is 14.6 Å². The molecule has 1 aliphatic carbocycles. The summed E-state index contributed by atoms with van der Waals surface area (Å²) in [6.07, 6.45) is 1.58. The molecule has 3 rings (SSSR count). The van der Waals surface area contributed by atoms with E-state index < -0.39 is 11.7 Å². The van der Waals surface area contributed by atoms with Gasteiger partial charge in [0.15, 0.2) is 5.65 Å². The monoisotopic (exact) mass is 284 g/mol. The van der Waals surface area contributed by atoms with E-state index in [-0.39, 0.29) is 11.5 Å². The largest absolute Gasteiger partial charge is 0.421 e. The Bertz CT molecular complexity index is 626. The maximum Gasteiger partial charge on any atom is 0.421 e. The Morgan fingerprint density at radius 2 is 2.00 bits per heavy atom. The Balaban J connectivity index is 2.02. The average molecular weight is 284 g/mol. The lowest BCUT2D eigenvalue weighted by molar-refractivity contribution is -0.136. The van der Waals surface area contributed by atoms with Crippen molar-refractivity contribution in [3.05, 3.63) is 23.5 Å². The molecule has 0 atom stereocenters. The molecule has 1 aliphatic rings. The van der Waals surface area contributed by atoms with Crippen molar-refractivity contribution >= 4 is 11.5 Å². The number of nitrogens with zero attached hydrogens (tertiary/aromatic N) is 3. The van der Waals surface area contributed by atoms with Crippen LogP contribution in [0.4, 0.5) is 19.0 Å². The van der Waals surface area contributed by atoms with Crippen molar-refractivity contribution in [2.75, 3.05) is 5.73 Å². The summed E-state index contributed by atoms with van der Waals surface area (Å²) in [4.78, 5) is 4.13. The molecule has 2 N–H and O–H groups in total. The maximum atomic E-state index is 12.9. The molecule has 2 heterocycles. The molecule has 0 unspecified atom stereocenters. The smallest absolute Gasteiger partial charge is 0.384 e. The third kappa shape index (κ3) is 2.32. The number of anilines is 1. The van der Waals surface area contributed by atoms with Crippen LogP contribution in [0.5, 0.6) is 0 Å². The third-order valence-electron chi connectivity index (χ3n) is 3.83. The molecule has 0 radical (unpaired) electrons. The Morgan fingerprint density at radius 3 is 2.65 bits per heavy atom. The Morgan fingerprint density at radius 1 is 1.30 bits per heavy atom. The lowest BCUT2D eigenvalue weighted by atomic mass is 10.0. The highest BCUT2D eigenvalue weighted by Crippen LogP contribution is 2.33. The molecule has 7 heteroatoms. The number of nitrogen functional groups attached to an aromatic ring is 1. The molecule has 0 amide bonds. The molecule has 1 saturated carbocycles. The fourth-order valence-corrected chi connectivity index (χ4v) is 2.85. The van der Waals surface area contributed by atoms with Gasteiger partial charge < -0.3 is 5.73 Å². The first kappa shape index (κ1) is 13.2. The second kappa shape index (κ2) is 4.64. The third-order valence-corrected chi connectivity index (χ3v) is 3.83. The highest BCUT2D eigenvalue weighted by molar-refractivity contribution is 5.54. The summed E-state index contributed by atoms with van der Waals surface area (Å²) < 4.78 is 39.7. The van der Waals surface area contributed by atoms with E-state index in [4.69, 9.17) is 5.73 Å². The van der Waals surface area contributed by atoms with Gasteiger partial charge in [-0.3, -0.25) is 0 Å². The summed E-state index contributed by atoms with van der Waals surface area (Å²) in [7, 11) is 0. The van der Waals surface area contributed by atoms with Crippen molar-refractivity contribution in [3.8, 4) is 0 Å². The van der Waals surface area contributed by atoms with Gasteiger partial charge in [-0.1, -0.05) is 25.7 Å². The molecular weight excluding hydrogens is 269 g/mol. The van der Waals surface area contributed by atoms with Crippen molar-refractivity contribution in [2.45, 2.75) is 38.3 Å². The van der Waals surface area contributed by atoms with E-state index in [1.165, 1.54) is 12.8 Å². The number of alkyl halides is 3. The van der Waals surface area contributed by atoms with Crippen LogP contribution < -0.4 is 5.73 Å². The van der Waals surface area contributed by atoms with Crippen LogP contribution in [-0.2, 0) is 12.6 Å². The predicted octanol–water partition coefficient (Wildman–Crippen LogP) is 3.06. The summed E-state index contributed by atoms with van der Waals surface area (Å²) >= 11 is 0. The number of nitrogens with two attached hydrogens (primary N) is 1. The van der Waals surface area contributed by atoms with E-state index in [1.807, 2.05) is 0 Å². The summed E-state index contributed by atoms with van der Waals surface area (Å²) in [6, 6.07) is 1.62. The van der Waals surface area contributed by atoms with Gasteiger partial charge in [0, 0.05) is 11.8 Å². The van der Waals surface area contributed by atoms with Crippen molar-refractivity contribution in [1.29, 1.82) is 0 Å². The number of aromatic nitrogens is 3. The summed E-state index contributed by atoms with van der Waals surface area (Å²) in [5.41, 5.74) is 5.36. The van der Waals surface area contributed by atoms with E-state index in [2.05, 4.69) is 10.1 Å². The van der Waals surface area contributed by atoms with E-state index in [1.54, 1.807) is 6.07 Å². The van der Waals surface area contributed by atoms with Crippen LogP contribution in [0.2, 0.25) is 0 Å². The first-order chi connectivity index (χ1) is 9.45. The first-order valence-electron chi connectivity index (χ1n) is 6.65. The SMILES string of the molecule is Nc1cc(CC2CCCC2)nc2c(C(F)(F)F)cnn12. The Kier molecular flexibility index (Phi) is 3.07. The molecule has 108 valence electrons. The van der Waals surface area contributed by atoms with Gasteiger partial charge in [0.1, 0.15) is 11.4 Å². The van der Waals surface area contributed by atoms with Crippen LogP contribution in [0.1, 0.15) is 36.9 Å². The predicted molar refractivity (Wildman–Crippen MR) is 68.1 cm³/mol. The van der Waals surface area contributed by atoms with Crippen LogP contribution in [0.15, 0.2) is 12.3 Å². The quantitative estimate of drug-likeness (QED) is 0.922. The minimum absolute atomic E-state index is 0.193. The highest BCUT2D eigenvalue weighted by Gasteiger charge is 2.35. The standard InChI is InChI=1S/C13H15F3N4/c14-13(15,16)10-7-18-20-11(17)6-9(19-12(10)20)5-8-3-1-2-4-8/h6-8H,1-5,17H2. The molecular formula is C13H15F3N4. The first-order valence-corrected chi connectivity index (χ1v) is 6.65. The summed E-state index contributed by atoms with van der Waals surface area (Å²) in [6.45, 7) is 0. The van der Waals surface area contributed by atoms with Crippen molar-refractivity contribution < 1.29 is 13.2 Å². The minimum Gasteiger partial charge on any atom is -0.384 e. The highest BCUT2D eigenvalue weighted by atomic mass is 19.4.